The summed E-state index contributed by atoms with van der Waals surface area (Å²) in [6.45, 7) is 7.91. The van der Waals surface area contributed by atoms with Gasteiger partial charge in [0.1, 0.15) is 11.4 Å². The van der Waals surface area contributed by atoms with Crippen LogP contribution in [0.15, 0.2) is 11.4 Å². The van der Waals surface area contributed by atoms with Crippen molar-refractivity contribution in [1.82, 2.24) is 14.9 Å². The van der Waals surface area contributed by atoms with Crippen LogP contribution in [0.1, 0.15) is 37.6 Å². The van der Waals surface area contributed by atoms with E-state index in [9.17, 15) is 9.59 Å². The molecule has 2 heterocycles. The first kappa shape index (κ1) is 18.5. The van der Waals surface area contributed by atoms with Crippen molar-refractivity contribution >= 4 is 29.5 Å². The maximum atomic E-state index is 12.4. The number of rotatable bonds is 5. The molecule has 0 spiro atoms. The minimum absolute atomic E-state index is 0.0682. The molecule has 1 fully saturated rings. The second-order valence-electron chi connectivity index (χ2n) is 6.21. The van der Waals surface area contributed by atoms with Gasteiger partial charge in [0.05, 0.1) is 12.4 Å². The SMILES string of the molecule is CCOC(=O)c1cnc(SCC(=O)N2C[C@H](C)C[C@@H](C)C2)nc1N. The summed E-state index contributed by atoms with van der Waals surface area (Å²) in [5.41, 5.74) is 5.92. The van der Waals surface area contributed by atoms with Crippen molar-refractivity contribution in [3.63, 3.8) is 0 Å². The van der Waals surface area contributed by atoms with Crippen LogP contribution in [-0.4, -0.2) is 52.2 Å². The lowest BCUT2D eigenvalue weighted by atomic mass is 9.92. The van der Waals surface area contributed by atoms with Crippen LogP contribution in [0.25, 0.3) is 0 Å². The highest BCUT2D eigenvalue weighted by atomic mass is 32.2. The molecule has 1 aromatic heterocycles. The summed E-state index contributed by atoms with van der Waals surface area (Å²) in [7, 11) is 0. The number of nitrogens with zero attached hydrogens (tertiary/aromatic N) is 3. The predicted octanol–water partition coefficient (Wildman–Crippen LogP) is 1.83. The van der Waals surface area contributed by atoms with Crippen molar-refractivity contribution in [2.24, 2.45) is 11.8 Å². The van der Waals surface area contributed by atoms with Crippen LogP contribution in [-0.2, 0) is 9.53 Å². The molecular formula is C16H24N4O3S. The minimum atomic E-state index is -0.543. The van der Waals surface area contributed by atoms with Gasteiger partial charge in [0.25, 0.3) is 0 Å². The van der Waals surface area contributed by atoms with Gasteiger partial charge in [-0.15, -0.1) is 0 Å². The van der Waals surface area contributed by atoms with Gasteiger partial charge in [-0.05, 0) is 25.2 Å². The molecule has 1 amide bonds. The average Bonchev–Trinajstić information content (AvgIpc) is 2.51. The molecule has 0 radical (unpaired) electrons. The normalized spacial score (nSPS) is 20.7. The topological polar surface area (TPSA) is 98.4 Å². The summed E-state index contributed by atoms with van der Waals surface area (Å²) < 4.78 is 4.88. The molecule has 2 atom stereocenters. The smallest absolute Gasteiger partial charge is 0.343 e. The third-order valence-corrected chi connectivity index (χ3v) is 4.68. The summed E-state index contributed by atoms with van der Waals surface area (Å²) >= 11 is 1.23. The number of nitrogen functional groups attached to an aromatic ring is 1. The Morgan fingerprint density at radius 1 is 1.38 bits per heavy atom. The van der Waals surface area contributed by atoms with E-state index in [4.69, 9.17) is 10.5 Å². The van der Waals surface area contributed by atoms with Crippen LogP contribution in [0.3, 0.4) is 0 Å². The molecule has 8 heteroatoms. The number of aromatic nitrogens is 2. The minimum Gasteiger partial charge on any atom is -0.462 e. The number of amides is 1. The number of ether oxygens (including phenoxy) is 1. The Balaban J connectivity index is 1.93. The van der Waals surface area contributed by atoms with Crippen molar-refractivity contribution in [1.29, 1.82) is 0 Å². The highest BCUT2D eigenvalue weighted by Crippen LogP contribution is 2.23. The number of nitrogens with two attached hydrogens (primary N) is 1. The molecule has 0 bridgehead atoms. The molecule has 132 valence electrons. The molecule has 1 aromatic rings. The van der Waals surface area contributed by atoms with E-state index in [0.717, 1.165) is 19.5 Å². The van der Waals surface area contributed by atoms with Crippen molar-refractivity contribution in [2.75, 3.05) is 31.2 Å². The van der Waals surface area contributed by atoms with Gasteiger partial charge in [0.2, 0.25) is 5.91 Å². The maximum absolute atomic E-state index is 12.4. The zero-order valence-electron chi connectivity index (χ0n) is 14.3. The predicted molar refractivity (Wildman–Crippen MR) is 92.6 cm³/mol. The van der Waals surface area contributed by atoms with Crippen LogP contribution in [0.5, 0.6) is 0 Å². The number of thioether (sulfide) groups is 1. The van der Waals surface area contributed by atoms with Crippen molar-refractivity contribution in [3.05, 3.63) is 11.8 Å². The molecule has 2 rings (SSSR count). The fraction of sp³-hybridized carbons (Fsp3) is 0.625. The molecule has 2 N–H and O–H groups in total. The molecule has 1 aliphatic rings. The Labute approximate surface area is 146 Å². The summed E-state index contributed by atoms with van der Waals surface area (Å²) in [5, 5.41) is 0.381. The van der Waals surface area contributed by atoms with Gasteiger partial charge < -0.3 is 15.4 Å². The zero-order valence-corrected chi connectivity index (χ0v) is 15.1. The molecule has 24 heavy (non-hydrogen) atoms. The number of hydrogen-bond acceptors (Lipinski definition) is 7. The van der Waals surface area contributed by atoms with Gasteiger partial charge in [-0.1, -0.05) is 25.6 Å². The Hall–Kier alpha value is -1.83. The molecule has 7 nitrogen and oxygen atoms in total. The summed E-state index contributed by atoms with van der Waals surface area (Å²) in [4.78, 5) is 34.1. The van der Waals surface area contributed by atoms with Gasteiger partial charge in [-0.3, -0.25) is 4.79 Å². The summed E-state index contributed by atoms with van der Waals surface area (Å²) in [6.07, 6.45) is 2.50. The van der Waals surface area contributed by atoms with E-state index >= 15 is 0 Å². The van der Waals surface area contributed by atoms with E-state index in [1.54, 1.807) is 6.92 Å². The molecule has 1 aliphatic heterocycles. The Morgan fingerprint density at radius 2 is 2.04 bits per heavy atom. The lowest BCUT2D eigenvalue weighted by Crippen LogP contribution is -2.43. The van der Waals surface area contributed by atoms with E-state index < -0.39 is 5.97 Å². The molecule has 0 aromatic carbocycles. The highest BCUT2D eigenvalue weighted by Gasteiger charge is 2.25. The van der Waals surface area contributed by atoms with E-state index in [2.05, 4.69) is 23.8 Å². The number of esters is 1. The fourth-order valence-corrected chi connectivity index (χ4v) is 3.62. The number of likely N-dealkylation sites (tertiary alicyclic amines) is 1. The first-order valence-electron chi connectivity index (χ1n) is 8.10. The lowest BCUT2D eigenvalue weighted by molar-refractivity contribution is -0.130. The Bertz CT molecular complexity index is 601. The molecular weight excluding hydrogens is 328 g/mol. The van der Waals surface area contributed by atoms with Gasteiger partial charge in [0, 0.05) is 19.3 Å². The van der Waals surface area contributed by atoms with Crippen molar-refractivity contribution < 1.29 is 14.3 Å². The van der Waals surface area contributed by atoms with Gasteiger partial charge in [0.15, 0.2) is 5.16 Å². The largest absolute Gasteiger partial charge is 0.462 e. The van der Waals surface area contributed by atoms with E-state index in [1.165, 1.54) is 18.0 Å². The molecule has 0 aliphatic carbocycles. The maximum Gasteiger partial charge on any atom is 0.343 e. The first-order chi connectivity index (χ1) is 11.4. The van der Waals surface area contributed by atoms with Crippen LogP contribution >= 0.6 is 11.8 Å². The molecule has 0 unspecified atom stereocenters. The van der Waals surface area contributed by atoms with Crippen LogP contribution in [0.4, 0.5) is 5.82 Å². The Kier molecular flexibility index (Phi) is 6.42. The highest BCUT2D eigenvalue weighted by molar-refractivity contribution is 7.99. The zero-order chi connectivity index (χ0) is 17.7. The average molecular weight is 352 g/mol. The Morgan fingerprint density at radius 3 is 2.62 bits per heavy atom. The standard InChI is InChI=1S/C16H24N4O3S/c1-4-23-15(22)12-6-18-16(19-14(12)17)24-9-13(21)20-7-10(2)5-11(3)8-20/h6,10-11H,4-5,7-9H2,1-3H3,(H2,17,18,19)/t10-,11-/m1/s1. The number of carbonyl (C=O) groups is 2. The monoisotopic (exact) mass is 352 g/mol. The second kappa shape index (κ2) is 8.32. The third kappa shape index (κ3) is 4.83. The van der Waals surface area contributed by atoms with Gasteiger partial charge >= 0.3 is 5.97 Å². The number of anilines is 1. The van der Waals surface area contributed by atoms with Crippen LogP contribution in [0, 0.1) is 11.8 Å². The number of hydrogen-bond donors (Lipinski definition) is 1. The van der Waals surface area contributed by atoms with Gasteiger partial charge in [-0.2, -0.15) is 0 Å². The summed E-state index contributed by atoms with van der Waals surface area (Å²) in [6, 6.07) is 0. The molecule has 0 saturated carbocycles. The fourth-order valence-electron chi connectivity index (χ4n) is 2.90. The van der Waals surface area contributed by atoms with E-state index in [-0.39, 0.29) is 29.6 Å². The first-order valence-corrected chi connectivity index (χ1v) is 9.09. The second-order valence-corrected chi connectivity index (χ2v) is 7.15. The number of piperidine rings is 1. The van der Waals surface area contributed by atoms with Crippen molar-refractivity contribution in [2.45, 2.75) is 32.3 Å². The van der Waals surface area contributed by atoms with Crippen molar-refractivity contribution in [3.8, 4) is 0 Å². The number of carbonyl (C=O) groups excluding carboxylic acids is 2. The third-order valence-electron chi connectivity index (χ3n) is 3.84. The van der Waals surface area contributed by atoms with Gasteiger partial charge in [-0.25, -0.2) is 14.8 Å². The molecule has 1 saturated heterocycles. The lowest BCUT2D eigenvalue weighted by Gasteiger charge is -2.34. The van der Waals surface area contributed by atoms with Crippen LogP contribution < -0.4 is 5.73 Å². The van der Waals surface area contributed by atoms with E-state index in [1.807, 2.05) is 4.90 Å². The quantitative estimate of drug-likeness (QED) is 0.490. The van der Waals surface area contributed by atoms with Crippen LogP contribution in [0.2, 0.25) is 0 Å². The van der Waals surface area contributed by atoms with E-state index in [0.29, 0.717) is 17.0 Å². The summed E-state index contributed by atoms with van der Waals surface area (Å²) in [5.74, 6) is 0.918.